The number of rotatable bonds is 7. The minimum absolute atomic E-state index is 0.125. The number of hydrogen-bond donors (Lipinski definition) is 3. The molecule has 0 spiro atoms. The van der Waals surface area contributed by atoms with Gasteiger partial charge in [0.1, 0.15) is 5.75 Å². The van der Waals surface area contributed by atoms with Gasteiger partial charge in [0, 0.05) is 37.8 Å². The fourth-order valence-electron chi connectivity index (χ4n) is 3.32. The molecule has 3 N–H and O–H groups in total. The number of aliphatic imine (C=N–C) groups is 1. The predicted molar refractivity (Wildman–Crippen MR) is 115 cm³/mol. The Balaban J connectivity index is 1.94. The average molecular weight is 376 g/mol. The molecule has 0 aliphatic carbocycles. The first-order chi connectivity index (χ1) is 12.9. The first kappa shape index (κ1) is 21.4. The molecule has 6 heteroatoms. The molecule has 2 rings (SSSR count). The molecular weight excluding hydrogens is 338 g/mol. The Morgan fingerprint density at radius 1 is 1.30 bits per heavy atom. The van der Waals surface area contributed by atoms with Crippen molar-refractivity contribution in [3.8, 4) is 5.75 Å². The van der Waals surface area contributed by atoms with Crippen LogP contribution in [-0.4, -0.2) is 57.4 Å². The molecule has 1 fully saturated rings. The van der Waals surface area contributed by atoms with Crippen molar-refractivity contribution >= 4 is 11.6 Å². The minimum atomic E-state index is 0.125. The van der Waals surface area contributed by atoms with Crippen molar-refractivity contribution < 1.29 is 4.74 Å². The molecule has 6 nitrogen and oxygen atoms in total. The van der Waals surface area contributed by atoms with Crippen LogP contribution in [0, 0.1) is 0 Å². The number of ether oxygens (including phenoxy) is 1. The summed E-state index contributed by atoms with van der Waals surface area (Å²) >= 11 is 0. The van der Waals surface area contributed by atoms with Crippen LogP contribution in [0.1, 0.15) is 40.5 Å². The summed E-state index contributed by atoms with van der Waals surface area (Å²) in [6.07, 6.45) is 2.30. The molecule has 1 saturated heterocycles. The highest BCUT2D eigenvalue weighted by molar-refractivity contribution is 5.80. The number of nitrogens with zero attached hydrogens (tertiary/aromatic N) is 2. The maximum absolute atomic E-state index is 5.54. The van der Waals surface area contributed by atoms with Crippen LogP contribution in [-0.2, 0) is 0 Å². The van der Waals surface area contributed by atoms with Gasteiger partial charge in [0.15, 0.2) is 5.96 Å². The zero-order valence-electron chi connectivity index (χ0n) is 17.6. The van der Waals surface area contributed by atoms with E-state index in [1.54, 1.807) is 7.11 Å². The van der Waals surface area contributed by atoms with E-state index in [1.165, 1.54) is 5.69 Å². The number of methoxy groups -OCH3 is 1. The zero-order chi connectivity index (χ0) is 19.7. The lowest BCUT2D eigenvalue weighted by Gasteiger charge is -2.36. The van der Waals surface area contributed by atoms with Crippen molar-refractivity contribution in [3.63, 3.8) is 0 Å². The number of anilines is 1. The second-order valence-electron chi connectivity index (χ2n) is 8.04. The Labute approximate surface area is 164 Å². The Kier molecular flexibility index (Phi) is 8.23. The van der Waals surface area contributed by atoms with Crippen LogP contribution in [0.25, 0.3) is 0 Å². The van der Waals surface area contributed by atoms with Gasteiger partial charge in [0.25, 0.3) is 0 Å². The Morgan fingerprint density at radius 2 is 2.07 bits per heavy atom. The Bertz CT molecular complexity index is 596. The molecule has 0 radical (unpaired) electrons. The summed E-state index contributed by atoms with van der Waals surface area (Å²) in [7, 11) is 1.74. The highest BCUT2D eigenvalue weighted by Gasteiger charge is 2.22. The first-order valence-corrected chi connectivity index (χ1v) is 10.1. The van der Waals surface area contributed by atoms with Crippen LogP contribution < -0.4 is 25.6 Å². The molecule has 1 aliphatic heterocycles. The smallest absolute Gasteiger partial charge is 0.191 e. The molecule has 1 aromatic rings. The highest BCUT2D eigenvalue weighted by atomic mass is 16.5. The summed E-state index contributed by atoms with van der Waals surface area (Å²) in [4.78, 5) is 7.14. The monoisotopic (exact) mass is 375 g/mol. The van der Waals surface area contributed by atoms with E-state index in [2.05, 4.69) is 60.7 Å². The zero-order valence-corrected chi connectivity index (χ0v) is 17.6. The fraction of sp³-hybridized carbons (Fsp3) is 0.667. The van der Waals surface area contributed by atoms with Gasteiger partial charge in [0.2, 0.25) is 0 Å². The van der Waals surface area contributed by atoms with Crippen LogP contribution in [0.15, 0.2) is 29.3 Å². The molecule has 0 bridgehead atoms. The van der Waals surface area contributed by atoms with Gasteiger partial charge < -0.3 is 25.6 Å². The van der Waals surface area contributed by atoms with E-state index in [4.69, 9.17) is 9.73 Å². The lowest BCUT2D eigenvalue weighted by molar-refractivity contribution is 0.408. The van der Waals surface area contributed by atoms with Gasteiger partial charge in [-0.2, -0.15) is 0 Å². The molecule has 1 aromatic carbocycles. The van der Waals surface area contributed by atoms with E-state index in [0.29, 0.717) is 6.04 Å². The van der Waals surface area contributed by atoms with E-state index < -0.39 is 0 Å². The molecule has 1 aliphatic rings. The third-order valence-corrected chi connectivity index (χ3v) is 4.57. The Hall–Kier alpha value is -1.95. The summed E-state index contributed by atoms with van der Waals surface area (Å²) < 4.78 is 5.54. The second kappa shape index (κ2) is 10.4. The average Bonchev–Trinajstić information content (AvgIpc) is 2.65. The van der Waals surface area contributed by atoms with Crippen molar-refractivity contribution in [1.29, 1.82) is 0 Å². The largest absolute Gasteiger partial charge is 0.495 e. The van der Waals surface area contributed by atoms with Crippen LogP contribution in [0.5, 0.6) is 5.75 Å². The van der Waals surface area contributed by atoms with Gasteiger partial charge in [0.05, 0.1) is 19.3 Å². The third kappa shape index (κ3) is 7.29. The number of para-hydroxylation sites is 2. The number of nitrogens with one attached hydrogen (secondary N) is 3. The molecule has 0 amide bonds. The molecule has 0 saturated carbocycles. The van der Waals surface area contributed by atoms with Crippen LogP contribution in [0.3, 0.4) is 0 Å². The van der Waals surface area contributed by atoms with Crippen molar-refractivity contribution in [3.05, 3.63) is 24.3 Å². The van der Waals surface area contributed by atoms with Crippen LogP contribution >= 0.6 is 0 Å². The molecule has 1 heterocycles. The van der Waals surface area contributed by atoms with E-state index in [9.17, 15) is 0 Å². The maximum atomic E-state index is 5.54. The van der Waals surface area contributed by atoms with E-state index in [0.717, 1.165) is 57.3 Å². The van der Waals surface area contributed by atoms with Crippen molar-refractivity contribution in [2.45, 2.75) is 52.1 Å². The van der Waals surface area contributed by atoms with E-state index in [1.807, 2.05) is 12.1 Å². The summed E-state index contributed by atoms with van der Waals surface area (Å²) in [5.74, 6) is 1.84. The highest BCUT2D eigenvalue weighted by Crippen LogP contribution is 2.29. The van der Waals surface area contributed by atoms with Gasteiger partial charge in [-0.1, -0.05) is 12.1 Å². The number of hydrogen-bond acceptors (Lipinski definition) is 4. The summed E-state index contributed by atoms with van der Waals surface area (Å²) in [6, 6.07) is 8.63. The SMILES string of the molecule is CCNC(=NCCNC(C)(C)C)NC1CCCN(c2ccccc2OC)C1. The number of benzene rings is 1. The van der Waals surface area contributed by atoms with Crippen molar-refractivity contribution in [2.24, 2.45) is 4.99 Å². The van der Waals surface area contributed by atoms with E-state index in [-0.39, 0.29) is 5.54 Å². The normalized spacial score (nSPS) is 18.3. The topological polar surface area (TPSA) is 60.9 Å². The molecule has 0 aromatic heterocycles. The third-order valence-electron chi connectivity index (χ3n) is 4.57. The lowest BCUT2D eigenvalue weighted by atomic mass is 10.0. The van der Waals surface area contributed by atoms with Crippen molar-refractivity contribution in [2.75, 3.05) is 44.7 Å². The Morgan fingerprint density at radius 3 is 2.78 bits per heavy atom. The number of piperidine rings is 1. The van der Waals surface area contributed by atoms with Gasteiger partial charge in [-0.15, -0.1) is 0 Å². The van der Waals surface area contributed by atoms with Gasteiger partial charge in [-0.05, 0) is 52.7 Å². The van der Waals surface area contributed by atoms with Gasteiger partial charge in [-0.25, -0.2) is 0 Å². The fourth-order valence-corrected chi connectivity index (χ4v) is 3.32. The summed E-state index contributed by atoms with van der Waals surface area (Å²) in [5.41, 5.74) is 1.29. The van der Waals surface area contributed by atoms with E-state index >= 15 is 0 Å². The van der Waals surface area contributed by atoms with Crippen LogP contribution in [0.2, 0.25) is 0 Å². The summed E-state index contributed by atoms with van der Waals surface area (Å²) in [5, 5.41) is 10.5. The van der Waals surface area contributed by atoms with Gasteiger partial charge >= 0.3 is 0 Å². The van der Waals surface area contributed by atoms with Gasteiger partial charge in [-0.3, -0.25) is 4.99 Å². The second-order valence-corrected chi connectivity index (χ2v) is 8.04. The van der Waals surface area contributed by atoms with Crippen LogP contribution in [0.4, 0.5) is 5.69 Å². The molecule has 152 valence electrons. The number of guanidine groups is 1. The minimum Gasteiger partial charge on any atom is -0.495 e. The molecule has 1 unspecified atom stereocenters. The molecule has 27 heavy (non-hydrogen) atoms. The quantitative estimate of drug-likeness (QED) is 0.388. The summed E-state index contributed by atoms with van der Waals surface area (Å²) in [6.45, 7) is 13.1. The maximum Gasteiger partial charge on any atom is 0.191 e. The van der Waals surface area contributed by atoms with Crippen molar-refractivity contribution in [1.82, 2.24) is 16.0 Å². The first-order valence-electron chi connectivity index (χ1n) is 10.1. The molecule has 1 atom stereocenters. The lowest BCUT2D eigenvalue weighted by Crippen LogP contribution is -2.51. The molecular formula is C21H37N5O. The predicted octanol–water partition coefficient (Wildman–Crippen LogP) is 2.61. The standard InChI is InChI=1S/C21H37N5O/c1-6-22-20(23-13-14-24-21(2,3)4)25-17-10-9-15-26(16-17)18-11-7-8-12-19(18)27-5/h7-8,11-12,17,24H,6,9-10,13-16H2,1-5H3,(H2,22,23,25).